The van der Waals surface area contributed by atoms with Crippen molar-refractivity contribution in [3.8, 4) is 5.75 Å². The molecule has 0 bridgehead atoms. The summed E-state index contributed by atoms with van der Waals surface area (Å²) in [5, 5.41) is 12.0. The van der Waals surface area contributed by atoms with Crippen molar-refractivity contribution in [1.82, 2.24) is 10.2 Å². The number of rotatable bonds is 6. The zero-order valence-corrected chi connectivity index (χ0v) is 14.8. The van der Waals surface area contributed by atoms with Crippen molar-refractivity contribution in [1.29, 1.82) is 0 Å². The smallest absolute Gasteiger partial charge is 0.266 e. The van der Waals surface area contributed by atoms with E-state index in [4.69, 9.17) is 16.3 Å². The van der Waals surface area contributed by atoms with Crippen molar-refractivity contribution in [2.45, 2.75) is 36.5 Å². The minimum atomic E-state index is -0.690. The first-order valence-corrected chi connectivity index (χ1v) is 8.75. The highest BCUT2D eigenvalue weighted by Gasteiger charge is 2.18. The molecule has 8 heteroatoms. The Morgan fingerprint density at radius 1 is 1.32 bits per heavy atom. The Morgan fingerprint density at radius 3 is 2.73 bits per heavy atom. The summed E-state index contributed by atoms with van der Waals surface area (Å²) in [4.78, 5) is 12.1. The van der Waals surface area contributed by atoms with E-state index in [1.54, 1.807) is 43.0 Å². The van der Waals surface area contributed by atoms with Gasteiger partial charge in [0.05, 0.1) is 5.02 Å². The molecule has 0 fully saturated rings. The number of hydrogen-bond acceptors (Lipinski definition) is 6. The van der Waals surface area contributed by atoms with Gasteiger partial charge in [-0.15, -0.1) is 10.2 Å². The van der Waals surface area contributed by atoms with Crippen molar-refractivity contribution >= 4 is 45.7 Å². The van der Waals surface area contributed by atoms with Gasteiger partial charge < -0.3 is 4.74 Å². The molecule has 0 aliphatic heterocycles. The van der Waals surface area contributed by atoms with E-state index >= 15 is 0 Å². The van der Waals surface area contributed by atoms with Crippen LogP contribution in [0.15, 0.2) is 28.6 Å². The van der Waals surface area contributed by atoms with Gasteiger partial charge in [0.2, 0.25) is 5.13 Å². The van der Waals surface area contributed by atoms with Crippen LogP contribution in [0.3, 0.4) is 0 Å². The van der Waals surface area contributed by atoms with Crippen LogP contribution in [0.5, 0.6) is 5.75 Å². The molecule has 1 heterocycles. The monoisotopic (exact) mass is 357 g/mol. The number of amides is 1. The summed E-state index contributed by atoms with van der Waals surface area (Å²) in [5.74, 6) is 0.178. The van der Waals surface area contributed by atoms with E-state index < -0.39 is 6.10 Å². The molecule has 0 unspecified atom stereocenters. The van der Waals surface area contributed by atoms with Crippen LogP contribution in [0.4, 0.5) is 5.13 Å². The van der Waals surface area contributed by atoms with Gasteiger partial charge in [-0.05, 0) is 19.1 Å². The number of anilines is 1. The summed E-state index contributed by atoms with van der Waals surface area (Å²) >= 11 is 8.95. The fourth-order valence-electron chi connectivity index (χ4n) is 1.50. The third-order valence-electron chi connectivity index (χ3n) is 2.48. The Bertz CT molecular complexity index is 649. The molecule has 0 spiro atoms. The lowest BCUT2D eigenvalue weighted by atomic mass is 10.3. The van der Waals surface area contributed by atoms with Crippen molar-refractivity contribution in [2.75, 3.05) is 5.32 Å². The Hall–Kier alpha value is -1.31. The number of nitrogens with zero attached hydrogens (tertiary/aromatic N) is 2. The Morgan fingerprint density at radius 2 is 2.05 bits per heavy atom. The third-order valence-corrected chi connectivity index (χ3v) is 4.72. The van der Waals surface area contributed by atoms with Crippen LogP contribution in [0.2, 0.25) is 5.02 Å². The van der Waals surface area contributed by atoms with Crippen molar-refractivity contribution in [2.24, 2.45) is 0 Å². The number of benzene rings is 1. The van der Waals surface area contributed by atoms with Crippen LogP contribution >= 0.6 is 34.7 Å². The first-order valence-electron chi connectivity index (χ1n) is 6.68. The molecule has 0 aliphatic carbocycles. The summed E-state index contributed by atoms with van der Waals surface area (Å²) < 4.78 is 6.38. The van der Waals surface area contributed by atoms with Gasteiger partial charge in [0.15, 0.2) is 10.4 Å². The summed E-state index contributed by atoms with van der Waals surface area (Å²) in [6.07, 6.45) is -0.690. The van der Waals surface area contributed by atoms with E-state index in [0.717, 1.165) is 4.34 Å². The summed E-state index contributed by atoms with van der Waals surface area (Å²) in [5.41, 5.74) is 0. The topological polar surface area (TPSA) is 64.1 Å². The molecule has 0 radical (unpaired) electrons. The second-order valence-corrected chi connectivity index (χ2v) is 7.93. The van der Waals surface area contributed by atoms with Crippen molar-refractivity contribution in [3.63, 3.8) is 0 Å². The molecule has 1 aromatic heterocycles. The maximum atomic E-state index is 12.1. The quantitative estimate of drug-likeness (QED) is 0.623. The highest BCUT2D eigenvalue weighted by Crippen LogP contribution is 2.29. The number of hydrogen-bond donors (Lipinski definition) is 1. The summed E-state index contributed by atoms with van der Waals surface area (Å²) in [6.45, 7) is 5.80. The molecule has 0 saturated carbocycles. The number of thioether (sulfide) groups is 1. The lowest BCUT2D eigenvalue weighted by Gasteiger charge is -2.14. The van der Waals surface area contributed by atoms with E-state index in [-0.39, 0.29) is 5.91 Å². The fourth-order valence-corrected chi connectivity index (χ4v) is 3.66. The Kier molecular flexibility index (Phi) is 6.05. The highest BCUT2D eigenvalue weighted by atomic mass is 35.5. The van der Waals surface area contributed by atoms with Gasteiger partial charge in [0.1, 0.15) is 5.75 Å². The minimum Gasteiger partial charge on any atom is -0.479 e. The Labute approximate surface area is 142 Å². The standard InChI is InChI=1S/C14H16ClN3O2S2/c1-8(2)21-14-18-17-13(22-14)16-12(19)9(3)20-11-7-5-4-6-10(11)15/h4-9H,1-3H3,(H,16,17,19)/t9-/m0/s1. The van der Waals surface area contributed by atoms with Gasteiger partial charge in [-0.25, -0.2) is 0 Å². The molecule has 1 atom stereocenters. The predicted molar refractivity (Wildman–Crippen MR) is 91.1 cm³/mol. The number of para-hydroxylation sites is 1. The number of aromatic nitrogens is 2. The normalized spacial score (nSPS) is 12.2. The maximum Gasteiger partial charge on any atom is 0.266 e. The molecule has 1 aromatic carbocycles. The van der Waals surface area contributed by atoms with E-state index in [9.17, 15) is 4.79 Å². The number of halogens is 1. The molecular formula is C14H16ClN3O2S2. The van der Waals surface area contributed by atoms with E-state index in [1.807, 2.05) is 0 Å². The van der Waals surface area contributed by atoms with Crippen LogP contribution in [-0.2, 0) is 4.79 Å². The van der Waals surface area contributed by atoms with E-state index in [1.165, 1.54) is 11.3 Å². The van der Waals surface area contributed by atoms with Crippen molar-refractivity contribution in [3.05, 3.63) is 29.3 Å². The number of nitrogens with one attached hydrogen (secondary N) is 1. The first-order chi connectivity index (χ1) is 10.5. The number of carbonyl (C=O) groups excluding carboxylic acids is 1. The predicted octanol–water partition coefficient (Wildman–Crippen LogP) is 4.10. The molecule has 22 heavy (non-hydrogen) atoms. The van der Waals surface area contributed by atoms with E-state index in [2.05, 4.69) is 29.4 Å². The molecule has 2 aromatic rings. The average molecular weight is 358 g/mol. The van der Waals surface area contributed by atoms with Crippen LogP contribution < -0.4 is 10.1 Å². The molecule has 1 amide bonds. The maximum absolute atomic E-state index is 12.1. The second-order valence-electron chi connectivity index (χ2n) is 4.72. The summed E-state index contributed by atoms with van der Waals surface area (Å²) in [6, 6.07) is 7.03. The summed E-state index contributed by atoms with van der Waals surface area (Å²) in [7, 11) is 0. The van der Waals surface area contributed by atoms with Gasteiger partial charge in [0, 0.05) is 5.25 Å². The number of carbonyl (C=O) groups is 1. The van der Waals surface area contributed by atoms with Gasteiger partial charge >= 0.3 is 0 Å². The van der Waals surface area contributed by atoms with Crippen LogP contribution in [0.25, 0.3) is 0 Å². The van der Waals surface area contributed by atoms with Crippen LogP contribution in [-0.4, -0.2) is 27.5 Å². The SMILES string of the molecule is CC(C)Sc1nnc(NC(=O)[C@H](C)Oc2ccccc2Cl)s1. The molecule has 0 aliphatic rings. The lowest BCUT2D eigenvalue weighted by Crippen LogP contribution is -2.30. The number of ether oxygens (including phenoxy) is 1. The van der Waals surface area contributed by atoms with Crippen LogP contribution in [0, 0.1) is 0 Å². The van der Waals surface area contributed by atoms with Gasteiger partial charge in [-0.2, -0.15) is 0 Å². The second kappa shape index (κ2) is 7.80. The molecule has 5 nitrogen and oxygen atoms in total. The third kappa shape index (κ3) is 4.86. The largest absolute Gasteiger partial charge is 0.479 e. The zero-order valence-electron chi connectivity index (χ0n) is 12.4. The molecule has 2 rings (SSSR count). The average Bonchev–Trinajstić information content (AvgIpc) is 2.87. The molecule has 1 N–H and O–H groups in total. The first kappa shape index (κ1) is 17.1. The van der Waals surface area contributed by atoms with Gasteiger partial charge in [-0.1, -0.05) is 60.7 Å². The van der Waals surface area contributed by atoms with Crippen LogP contribution in [0.1, 0.15) is 20.8 Å². The highest BCUT2D eigenvalue weighted by molar-refractivity contribution is 8.01. The van der Waals surface area contributed by atoms with E-state index in [0.29, 0.717) is 21.2 Å². The lowest BCUT2D eigenvalue weighted by molar-refractivity contribution is -0.122. The van der Waals surface area contributed by atoms with Gasteiger partial charge in [0.25, 0.3) is 5.91 Å². The van der Waals surface area contributed by atoms with Gasteiger partial charge in [-0.3, -0.25) is 10.1 Å². The molecular weight excluding hydrogens is 342 g/mol. The Balaban J connectivity index is 1.94. The molecule has 0 saturated heterocycles. The zero-order chi connectivity index (χ0) is 16.1. The minimum absolute atomic E-state index is 0.294. The van der Waals surface area contributed by atoms with Crippen molar-refractivity contribution < 1.29 is 9.53 Å². The molecule has 118 valence electrons. The fraction of sp³-hybridized carbons (Fsp3) is 0.357.